The van der Waals surface area contributed by atoms with Crippen LogP contribution in [0.3, 0.4) is 0 Å². The Kier molecular flexibility index (Phi) is 5.86. The first-order valence-electron chi connectivity index (χ1n) is 8.08. The molecule has 3 rings (SSSR count). The SMILES string of the molecule is CCOC(=O)c1c(NC(=S)NCc2cccs2)sc2c1CCCC2. The normalized spacial score (nSPS) is 13.2. The summed E-state index contributed by atoms with van der Waals surface area (Å²) in [6.45, 7) is 2.89. The second-order valence-electron chi connectivity index (χ2n) is 5.52. The first-order chi connectivity index (χ1) is 11.7. The van der Waals surface area contributed by atoms with E-state index in [0.717, 1.165) is 29.8 Å². The van der Waals surface area contributed by atoms with Crippen LogP contribution >= 0.6 is 34.9 Å². The van der Waals surface area contributed by atoms with Crippen molar-refractivity contribution in [3.63, 3.8) is 0 Å². The zero-order valence-electron chi connectivity index (χ0n) is 13.5. The second-order valence-corrected chi connectivity index (χ2v) is 8.07. The van der Waals surface area contributed by atoms with Crippen molar-refractivity contribution in [3.8, 4) is 0 Å². The van der Waals surface area contributed by atoms with Crippen LogP contribution < -0.4 is 10.6 Å². The number of hydrogen-bond acceptors (Lipinski definition) is 5. The predicted octanol–water partition coefficient (Wildman–Crippen LogP) is 4.35. The Bertz CT molecular complexity index is 723. The topological polar surface area (TPSA) is 50.4 Å². The molecular weight excluding hydrogens is 360 g/mol. The lowest BCUT2D eigenvalue weighted by Crippen LogP contribution is -2.28. The molecule has 0 unspecified atom stereocenters. The molecule has 0 aliphatic heterocycles. The van der Waals surface area contributed by atoms with E-state index in [1.54, 1.807) is 22.7 Å². The summed E-state index contributed by atoms with van der Waals surface area (Å²) in [5.41, 5.74) is 1.82. The Labute approximate surface area is 155 Å². The highest BCUT2D eigenvalue weighted by atomic mass is 32.1. The van der Waals surface area contributed by atoms with Crippen molar-refractivity contribution in [2.75, 3.05) is 11.9 Å². The first-order valence-corrected chi connectivity index (χ1v) is 10.2. The minimum absolute atomic E-state index is 0.250. The van der Waals surface area contributed by atoms with Gasteiger partial charge in [-0.1, -0.05) is 6.07 Å². The van der Waals surface area contributed by atoms with E-state index < -0.39 is 0 Å². The Hall–Kier alpha value is -1.44. The summed E-state index contributed by atoms with van der Waals surface area (Å²) in [5.74, 6) is -0.250. The summed E-state index contributed by atoms with van der Waals surface area (Å²) in [4.78, 5) is 14.9. The summed E-state index contributed by atoms with van der Waals surface area (Å²) in [5, 5.41) is 9.79. The number of rotatable bonds is 5. The van der Waals surface area contributed by atoms with Gasteiger partial charge in [0.2, 0.25) is 0 Å². The molecule has 1 aliphatic carbocycles. The van der Waals surface area contributed by atoms with Crippen molar-refractivity contribution in [2.24, 2.45) is 0 Å². The molecule has 2 heterocycles. The van der Waals surface area contributed by atoms with Gasteiger partial charge in [0.1, 0.15) is 5.00 Å². The van der Waals surface area contributed by atoms with Crippen molar-refractivity contribution in [1.29, 1.82) is 0 Å². The predicted molar refractivity (Wildman–Crippen MR) is 104 cm³/mol. The average molecular weight is 381 g/mol. The maximum atomic E-state index is 12.4. The number of carbonyl (C=O) groups is 1. The Balaban J connectivity index is 1.75. The number of hydrogen-bond donors (Lipinski definition) is 2. The average Bonchev–Trinajstić information content (AvgIpc) is 3.20. The van der Waals surface area contributed by atoms with Crippen molar-refractivity contribution in [2.45, 2.75) is 39.2 Å². The third kappa shape index (κ3) is 3.96. The largest absolute Gasteiger partial charge is 0.462 e. The fraction of sp³-hybridized carbons (Fsp3) is 0.412. The molecule has 128 valence electrons. The van der Waals surface area contributed by atoms with Crippen molar-refractivity contribution in [3.05, 3.63) is 38.4 Å². The van der Waals surface area contributed by atoms with E-state index in [4.69, 9.17) is 17.0 Å². The third-order valence-corrected chi connectivity index (χ3v) is 6.21. The molecule has 0 saturated carbocycles. The fourth-order valence-electron chi connectivity index (χ4n) is 2.80. The van der Waals surface area contributed by atoms with E-state index >= 15 is 0 Å². The Morgan fingerprint density at radius 1 is 1.38 bits per heavy atom. The molecule has 2 aromatic heterocycles. The van der Waals surface area contributed by atoms with E-state index in [1.807, 2.05) is 18.4 Å². The smallest absolute Gasteiger partial charge is 0.341 e. The van der Waals surface area contributed by atoms with E-state index in [0.29, 0.717) is 23.8 Å². The van der Waals surface area contributed by atoms with E-state index in [-0.39, 0.29) is 5.97 Å². The number of aryl methyl sites for hydroxylation is 1. The van der Waals surface area contributed by atoms with Gasteiger partial charge in [-0.2, -0.15) is 0 Å². The molecule has 0 spiro atoms. The monoisotopic (exact) mass is 380 g/mol. The molecule has 24 heavy (non-hydrogen) atoms. The molecule has 7 heteroatoms. The van der Waals surface area contributed by atoms with Crippen LogP contribution in [0.4, 0.5) is 5.00 Å². The van der Waals surface area contributed by atoms with Gasteiger partial charge in [-0.05, 0) is 61.8 Å². The van der Waals surface area contributed by atoms with Crippen molar-refractivity contribution < 1.29 is 9.53 Å². The number of carbonyl (C=O) groups excluding carboxylic acids is 1. The number of anilines is 1. The number of thiophene rings is 2. The zero-order chi connectivity index (χ0) is 16.9. The number of ether oxygens (including phenoxy) is 1. The van der Waals surface area contributed by atoms with Gasteiger partial charge in [-0.25, -0.2) is 4.79 Å². The van der Waals surface area contributed by atoms with Gasteiger partial charge in [0.25, 0.3) is 0 Å². The number of esters is 1. The molecule has 2 aromatic rings. The maximum absolute atomic E-state index is 12.4. The second kappa shape index (κ2) is 8.09. The van der Waals surface area contributed by atoms with Crippen molar-refractivity contribution >= 4 is 51.0 Å². The van der Waals surface area contributed by atoms with E-state index in [1.165, 1.54) is 16.2 Å². The molecule has 0 fully saturated rings. The molecule has 0 saturated heterocycles. The van der Waals surface area contributed by atoms with Gasteiger partial charge < -0.3 is 15.4 Å². The van der Waals surface area contributed by atoms with E-state index in [9.17, 15) is 4.79 Å². The highest BCUT2D eigenvalue weighted by molar-refractivity contribution is 7.80. The van der Waals surface area contributed by atoms with Gasteiger partial charge in [-0.15, -0.1) is 22.7 Å². The maximum Gasteiger partial charge on any atom is 0.341 e. The Morgan fingerprint density at radius 3 is 2.96 bits per heavy atom. The zero-order valence-corrected chi connectivity index (χ0v) is 16.0. The van der Waals surface area contributed by atoms with Gasteiger partial charge in [-0.3, -0.25) is 0 Å². The summed E-state index contributed by atoms with van der Waals surface area (Å²) in [6, 6.07) is 4.08. The molecule has 0 radical (unpaired) electrons. The molecule has 1 aliphatic rings. The van der Waals surface area contributed by atoms with Crippen LogP contribution in [-0.4, -0.2) is 17.7 Å². The number of thiocarbonyl (C=S) groups is 1. The van der Waals surface area contributed by atoms with Crippen LogP contribution in [0.25, 0.3) is 0 Å². The quantitative estimate of drug-likeness (QED) is 0.596. The van der Waals surface area contributed by atoms with Crippen LogP contribution in [0.1, 0.15) is 45.4 Å². The molecule has 2 N–H and O–H groups in total. The van der Waals surface area contributed by atoms with Gasteiger partial charge >= 0.3 is 5.97 Å². The molecule has 0 bridgehead atoms. The van der Waals surface area contributed by atoms with E-state index in [2.05, 4.69) is 16.7 Å². The molecule has 0 atom stereocenters. The summed E-state index contributed by atoms with van der Waals surface area (Å²) in [6.07, 6.45) is 4.27. The van der Waals surface area contributed by atoms with Gasteiger partial charge in [0.15, 0.2) is 5.11 Å². The first kappa shape index (κ1) is 17.4. The van der Waals surface area contributed by atoms with Crippen LogP contribution in [0, 0.1) is 0 Å². The molecule has 0 aromatic carbocycles. The van der Waals surface area contributed by atoms with Crippen LogP contribution in [0.5, 0.6) is 0 Å². The fourth-order valence-corrected chi connectivity index (χ4v) is 4.97. The standard InChI is InChI=1S/C17H20N2O2S3/c1-2-21-16(20)14-12-7-3-4-8-13(12)24-15(14)19-17(22)18-10-11-6-5-9-23-11/h5-6,9H,2-4,7-8,10H2,1H3,(H2,18,19,22). The van der Waals surface area contributed by atoms with Crippen molar-refractivity contribution in [1.82, 2.24) is 5.32 Å². The highest BCUT2D eigenvalue weighted by Gasteiger charge is 2.26. The summed E-state index contributed by atoms with van der Waals surface area (Å²) < 4.78 is 5.26. The lowest BCUT2D eigenvalue weighted by atomic mass is 9.95. The molecule has 4 nitrogen and oxygen atoms in total. The third-order valence-electron chi connectivity index (χ3n) is 3.88. The summed E-state index contributed by atoms with van der Waals surface area (Å²) >= 11 is 8.72. The highest BCUT2D eigenvalue weighted by Crippen LogP contribution is 2.38. The minimum atomic E-state index is -0.250. The van der Waals surface area contributed by atoms with Gasteiger partial charge in [0, 0.05) is 9.75 Å². The van der Waals surface area contributed by atoms with Crippen LogP contribution in [-0.2, 0) is 24.1 Å². The molecular formula is C17H20N2O2S3. The van der Waals surface area contributed by atoms with Crippen LogP contribution in [0.15, 0.2) is 17.5 Å². The number of nitrogens with one attached hydrogen (secondary N) is 2. The lowest BCUT2D eigenvalue weighted by Gasteiger charge is -2.13. The molecule has 0 amide bonds. The minimum Gasteiger partial charge on any atom is -0.462 e. The number of fused-ring (bicyclic) bond motifs is 1. The Morgan fingerprint density at radius 2 is 2.21 bits per heavy atom. The van der Waals surface area contributed by atoms with Gasteiger partial charge in [0.05, 0.1) is 18.7 Å². The van der Waals surface area contributed by atoms with Crippen LogP contribution in [0.2, 0.25) is 0 Å². The summed E-state index contributed by atoms with van der Waals surface area (Å²) in [7, 11) is 0. The lowest BCUT2D eigenvalue weighted by molar-refractivity contribution is 0.0526.